The third kappa shape index (κ3) is 3.27. The lowest BCUT2D eigenvalue weighted by atomic mass is 10.1. The first kappa shape index (κ1) is 15.7. The number of benzene rings is 2. The minimum Gasteiger partial charge on any atom is -0.494 e. The highest BCUT2D eigenvalue weighted by atomic mass is 16.6. The lowest BCUT2D eigenvalue weighted by Gasteiger charge is -2.11. The molecule has 0 saturated heterocycles. The molecule has 0 unspecified atom stereocenters. The highest BCUT2D eigenvalue weighted by Gasteiger charge is 2.14. The van der Waals surface area contributed by atoms with Gasteiger partial charge in [0.2, 0.25) is 0 Å². The number of rotatable bonds is 6. The number of nitro groups is 1. The summed E-state index contributed by atoms with van der Waals surface area (Å²) >= 11 is 0. The van der Waals surface area contributed by atoms with E-state index < -0.39 is 0 Å². The topological polar surface area (TPSA) is 77.3 Å². The van der Waals surface area contributed by atoms with Crippen LogP contribution in [0.4, 0.5) is 17.1 Å². The molecular weight excluding hydrogens is 306 g/mol. The Kier molecular flexibility index (Phi) is 4.56. The molecule has 1 N–H and O–H groups in total. The highest BCUT2D eigenvalue weighted by molar-refractivity contribution is 6.00. The molecule has 0 bridgehead atoms. The lowest BCUT2D eigenvalue weighted by molar-refractivity contribution is -0.383. The summed E-state index contributed by atoms with van der Waals surface area (Å²) in [5.41, 5.74) is 1.71. The van der Waals surface area contributed by atoms with Crippen LogP contribution >= 0.6 is 0 Å². The van der Waals surface area contributed by atoms with Crippen molar-refractivity contribution >= 4 is 27.8 Å². The van der Waals surface area contributed by atoms with Gasteiger partial charge in [0.15, 0.2) is 0 Å². The van der Waals surface area contributed by atoms with Gasteiger partial charge in [0.1, 0.15) is 5.75 Å². The molecule has 3 rings (SSSR count). The van der Waals surface area contributed by atoms with Crippen molar-refractivity contribution in [3.63, 3.8) is 0 Å². The molecule has 6 heteroatoms. The van der Waals surface area contributed by atoms with Crippen LogP contribution in [0.3, 0.4) is 0 Å². The van der Waals surface area contributed by atoms with Crippen molar-refractivity contribution < 1.29 is 9.66 Å². The molecule has 6 nitrogen and oxygen atoms in total. The molecule has 122 valence electrons. The number of hydrogen-bond donors (Lipinski definition) is 1. The van der Waals surface area contributed by atoms with Crippen LogP contribution in [-0.2, 0) is 0 Å². The fraction of sp³-hybridized carbons (Fsp3) is 0.167. The van der Waals surface area contributed by atoms with Gasteiger partial charge in [0, 0.05) is 35.2 Å². The summed E-state index contributed by atoms with van der Waals surface area (Å²) in [6.07, 6.45) is 4.14. The summed E-state index contributed by atoms with van der Waals surface area (Å²) in [5, 5.41) is 15.7. The van der Waals surface area contributed by atoms with E-state index in [1.54, 1.807) is 24.5 Å². The number of fused-ring (bicyclic) bond motifs is 1. The average molecular weight is 323 g/mol. The summed E-state index contributed by atoms with van der Waals surface area (Å²) < 4.78 is 5.56. The maximum Gasteiger partial charge on any atom is 0.277 e. The van der Waals surface area contributed by atoms with Gasteiger partial charge in [0.05, 0.1) is 16.9 Å². The van der Waals surface area contributed by atoms with E-state index in [1.165, 1.54) is 6.07 Å². The fourth-order valence-electron chi connectivity index (χ4n) is 2.45. The minimum absolute atomic E-state index is 0.0706. The zero-order chi connectivity index (χ0) is 16.9. The van der Waals surface area contributed by atoms with E-state index in [-0.39, 0.29) is 10.6 Å². The molecule has 0 fully saturated rings. The molecule has 0 aliphatic carbocycles. The summed E-state index contributed by atoms with van der Waals surface area (Å²) in [4.78, 5) is 14.9. The minimum atomic E-state index is -0.383. The number of aromatic nitrogens is 1. The molecule has 0 aliphatic rings. The Labute approximate surface area is 139 Å². The molecule has 0 saturated carbocycles. The van der Waals surface area contributed by atoms with Gasteiger partial charge in [-0.1, -0.05) is 6.92 Å². The summed E-state index contributed by atoms with van der Waals surface area (Å²) in [6.45, 7) is 2.75. The second kappa shape index (κ2) is 6.95. The summed E-state index contributed by atoms with van der Waals surface area (Å²) in [7, 11) is 0. The van der Waals surface area contributed by atoms with E-state index in [9.17, 15) is 10.1 Å². The molecule has 0 radical (unpaired) electrons. The predicted octanol–water partition coefficient (Wildman–Crippen LogP) is 4.68. The Morgan fingerprint density at radius 3 is 2.62 bits per heavy atom. The molecular formula is C18H17N3O3. The van der Waals surface area contributed by atoms with E-state index in [0.717, 1.165) is 23.5 Å². The molecule has 1 aromatic heterocycles. The van der Waals surface area contributed by atoms with Gasteiger partial charge < -0.3 is 10.1 Å². The van der Waals surface area contributed by atoms with Gasteiger partial charge in [0.25, 0.3) is 5.69 Å². The highest BCUT2D eigenvalue weighted by Crippen LogP contribution is 2.32. The number of hydrogen-bond acceptors (Lipinski definition) is 5. The van der Waals surface area contributed by atoms with Crippen molar-refractivity contribution in [1.82, 2.24) is 4.98 Å². The maximum absolute atomic E-state index is 11.2. The van der Waals surface area contributed by atoms with E-state index in [2.05, 4.69) is 17.2 Å². The average Bonchev–Trinajstić information content (AvgIpc) is 2.61. The maximum atomic E-state index is 11.2. The number of nitro benzene ring substituents is 1. The summed E-state index contributed by atoms with van der Waals surface area (Å²) in [6, 6.07) is 12.5. The van der Waals surface area contributed by atoms with Crippen LogP contribution in [0.2, 0.25) is 0 Å². The van der Waals surface area contributed by atoms with Crippen molar-refractivity contribution in [2.75, 3.05) is 11.9 Å². The monoisotopic (exact) mass is 323 g/mol. The predicted molar refractivity (Wildman–Crippen MR) is 93.9 cm³/mol. The second-order valence-corrected chi connectivity index (χ2v) is 5.31. The molecule has 0 spiro atoms. The van der Waals surface area contributed by atoms with Gasteiger partial charge in [-0.3, -0.25) is 15.1 Å². The van der Waals surface area contributed by atoms with E-state index >= 15 is 0 Å². The smallest absolute Gasteiger partial charge is 0.277 e. The number of nitrogens with zero attached hydrogens (tertiary/aromatic N) is 2. The van der Waals surface area contributed by atoms with E-state index in [0.29, 0.717) is 17.4 Å². The lowest BCUT2D eigenvalue weighted by Crippen LogP contribution is -1.97. The largest absolute Gasteiger partial charge is 0.494 e. The Hall–Kier alpha value is -3.15. The zero-order valence-corrected chi connectivity index (χ0v) is 13.2. The molecule has 3 aromatic rings. The standard InChI is InChI=1S/C18H17N3O3/c1-2-11-24-14-5-3-13(4-6-14)20-17-7-8-18(21(22)23)15-9-10-19-12-16(15)17/h3-10,12,20H,2,11H2,1H3. The first-order valence-corrected chi connectivity index (χ1v) is 7.70. The molecule has 1 heterocycles. The van der Waals surface area contributed by atoms with Crippen LogP contribution in [-0.4, -0.2) is 16.5 Å². The summed E-state index contributed by atoms with van der Waals surface area (Å²) in [5.74, 6) is 0.817. The van der Waals surface area contributed by atoms with Crippen molar-refractivity contribution in [3.05, 3.63) is 65.0 Å². The quantitative estimate of drug-likeness (QED) is 0.526. The van der Waals surface area contributed by atoms with Crippen LogP contribution in [0.5, 0.6) is 5.75 Å². The second-order valence-electron chi connectivity index (χ2n) is 5.31. The van der Waals surface area contributed by atoms with Crippen molar-refractivity contribution in [2.45, 2.75) is 13.3 Å². The first-order valence-electron chi connectivity index (χ1n) is 7.70. The number of anilines is 2. The third-order valence-electron chi connectivity index (χ3n) is 3.60. The molecule has 0 aliphatic heterocycles. The molecule has 0 atom stereocenters. The molecule has 0 amide bonds. The first-order chi connectivity index (χ1) is 11.7. The Morgan fingerprint density at radius 1 is 1.12 bits per heavy atom. The SMILES string of the molecule is CCCOc1ccc(Nc2ccc([N+](=O)[O-])c3ccncc23)cc1. The third-order valence-corrected chi connectivity index (χ3v) is 3.60. The van der Waals surface area contributed by atoms with E-state index in [1.807, 2.05) is 24.3 Å². The van der Waals surface area contributed by atoms with E-state index in [4.69, 9.17) is 4.74 Å². The Balaban J connectivity index is 1.90. The number of ether oxygens (including phenoxy) is 1. The van der Waals surface area contributed by atoms with Crippen LogP contribution < -0.4 is 10.1 Å². The van der Waals surface area contributed by atoms with Crippen molar-refractivity contribution in [1.29, 1.82) is 0 Å². The van der Waals surface area contributed by atoms with Crippen LogP contribution in [0, 0.1) is 10.1 Å². The van der Waals surface area contributed by atoms with Gasteiger partial charge in [-0.05, 0) is 42.8 Å². The normalized spacial score (nSPS) is 10.5. The van der Waals surface area contributed by atoms with Crippen molar-refractivity contribution in [3.8, 4) is 5.75 Å². The molecule has 24 heavy (non-hydrogen) atoms. The van der Waals surface area contributed by atoms with Crippen LogP contribution in [0.25, 0.3) is 10.8 Å². The molecule has 2 aromatic carbocycles. The number of nitrogens with one attached hydrogen (secondary N) is 1. The van der Waals surface area contributed by atoms with Gasteiger partial charge >= 0.3 is 0 Å². The van der Waals surface area contributed by atoms with Gasteiger partial charge in [-0.2, -0.15) is 0 Å². The fourth-order valence-corrected chi connectivity index (χ4v) is 2.45. The Morgan fingerprint density at radius 2 is 1.92 bits per heavy atom. The van der Waals surface area contributed by atoms with Crippen LogP contribution in [0.1, 0.15) is 13.3 Å². The van der Waals surface area contributed by atoms with Crippen molar-refractivity contribution in [2.24, 2.45) is 0 Å². The number of non-ortho nitro benzene ring substituents is 1. The number of pyridine rings is 1. The zero-order valence-electron chi connectivity index (χ0n) is 13.2. The van der Waals surface area contributed by atoms with Gasteiger partial charge in [-0.15, -0.1) is 0 Å². The Bertz CT molecular complexity index is 863. The van der Waals surface area contributed by atoms with Crippen LogP contribution in [0.15, 0.2) is 54.9 Å². The van der Waals surface area contributed by atoms with Gasteiger partial charge in [-0.25, -0.2) is 0 Å².